The Balaban J connectivity index is 1.60. The van der Waals surface area contributed by atoms with Crippen LogP contribution in [0.15, 0.2) is 18.5 Å². The number of carbonyl (C=O) groups excluding carboxylic acids is 1. The van der Waals surface area contributed by atoms with Crippen molar-refractivity contribution in [3.8, 4) is 0 Å². The van der Waals surface area contributed by atoms with Gasteiger partial charge in [-0.15, -0.1) is 0 Å². The molecule has 1 aromatic heterocycles. The van der Waals surface area contributed by atoms with Crippen molar-refractivity contribution in [1.82, 2.24) is 10.3 Å². The highest BCUT2D eigenvalue weighted by Crippen LogP contribution is 2.19. The maximum atomic E-state index is 13.3. The van der Waals surface area contributed by atoms with Crippen LogP contribution in [0, 0.1) is 5.82 Å². The molecule has 0 spiro atoms. The first kappa shape index (κ1) is 15.9. The van der Waals surface area contributed by atoms with Gasteiger partial charge in [0.05, 0.1) is 17.9 Å². The Bertz CT molecular complexity index is 462. The Morgan fingerprint density at radius 2 is 2.19 bits per heavy atom. The number of nitrogens with one attached hydrogen (secondary N) is 1. The van der Waals surface area contributed by atoms with Crippen LogP contribution in [0.3, 0.4) is 0 Å². The minimum Gasteiger partial charge on any atom is -0.378 e. The van der Waals surface area contributed by atoms with E-state index in [4.69, 9.17) is 10.5 Å². The molecule has 0 aromatic carbocycles. The summed E-state index contributed by atoms with van der Waals surface area (Å²) < 4.78 is 19.1. The Morgan fingerprint density at radius 3 is 2.90 bits per heavy atom. The second kappa shape index (κ2) is 8.05. The second-order valence-corrected chi connectivity index (χ2v) is 5.37. The molecule has 2 rings (SSSR count). The molecule has 116 valence electrons. The van der Waals surface area contributed by atoms with Crippen molar-refractivity contribution in [2.45, 2.75) is 44.2 Å². The summed E-state index contributed by atoms with van der Waals surface area (Å²) in [6.07, 6.45) is 7.48. The number of nitrogens with zero attached hydrogens (tertiary/aromatic N) is 1. The average Bonchev–Trinajstić information content (AvgIpc) is 2.49. The fourth-order valence-corrected chi connectivity index (χ4v) is 2.43. The number of hydrogen-bond donors (Lipinski definition) is 2. The maximum absolute atomic E-state index is 13.3. The number of pyridine rings is 1. The summed E-state index contributed by atoms with van der Waals surface area (Å²) >= 11 is 0. The number of rotatable bonds is 6. The lowest BCUT2D eigenvalue weighted by Crippen LogP contribution is -2.31. The van der Waals surface area contributed by atoms with Gasteiger partial charge < -0.3 is 15.8 Å². The molecule has 1 fully saturated rings. The van der Waals surface area contributed by atoms with Gasteiger partial charge >= 0.3 is 0 Å². The molecule has 0 aliphatic heterocycles. The van der Waals surface area contributed by atoms with E-state index < -0.39 is 11.7 Å². The van der Waals surface area contributed by atoms with E-state index >= 15 is 0 Å². The van der Waals surface area contributed by atoms with Gasteiger partial charge in [-0.1, -0.05) is 0 Å². The lowest BCUT2D eigenvalue weighted by Gasteiger charge is -2.26. The molecule has 0 radical (unpaired) electrons. The van der Waals surface area contributed by atoms with E-state index in [9.17, 15) is 9.18 Å². The fourth-order valence-electron chi connectivity index (χ4n) is 2.43. The molecule has 0 bridgehead atoms. The molecule has 5 nitrogen and oxygen atoms in total. The molecule has 1 aliphatic rings. The number of halogens is 1. The Labute approximate surface area is 124 Å². The van der Waals surface area contributed by atoms with E-state index in [1.54, 1.807) is 0 Å². The van der Waals surface area contributed by atoms with E-state index in [0.29, 0.717) is 25.6 Å². The standard InChI is InChI=1S/C15H22FN3O2/c16-14-10-18-8-6-13(14)15(20)19-7-1-9-21-12-4-2-11(17)3-5-12/h6,8,10-12H,1-5,7,9,17H2,(H,19,20). The predicted molar refractivity (Wildman–Crippen MR) is 77.3 cm³/mol. The summed E-state index contributed by atoms with van der Waals surface area (Å²) in [5.74, 6) is -1.02. The molecule has 0 atom stereocenters. The second-order valence-electron chi connectivity index (χ2n) is 5.37. The van der Waals surface area contributed by atoms with Gasteiger partial charge in [-0.2, -0.15) is 0 Å². The highest BCUT2D eigenvalue weighted by atomic mass is 19.1. The zero-order chi connectivity index (χ0) is 15.1. The van der Waals surface area contributed by atoms with Crippen LogP contribution >= 0.6 is 0 Å². The van der Waals surface area contributed by atoms with Crippen LogP contribution in [0.4, 0.5) is 4.39 Å². The van der Waals surface area contributed by atoms with Gasteiger partial charge in [0.1, 0.15) is 0 Å². The zero-order valence-corrected chi connectivity index (χ0v) is 12.1. The van der Waals surface area contributed by atoms with E-state index in [1.165, 1.54) is 12.3 Å². The predicted octanol–water partition coefficient (Wildman–Crippen LogP) is 1.63. The molecular formula is C15H22FN3O2. The summed E-state index contributed by atoms with van der Waals surface area (Å²) in [5.41, 5.74) is 5.86. The minimum absolute atomic E-state index is 0.0205. The summed E-state index contributed by atoms with van der Waals surface area (Å²) in [4.78, 5) is 15.3. The molecule has 1 amide bonds. The molecule has 6 heteroatoms. The third-order valence-electron chi connectivity index (χ3n) is 3.70. The summed E-state index contributed by atoms with van der Waals surface area (Å²) in [5, 5.41) is 2.68. The average molecular weight is 295 g/mol. The third-order valence-corrected chi connectivity index (χ3v) is 3.70. The van der Waals surface area contributed by atoms with Crippen molar-refractivity contribution in [3.63, 3.8) is 0 Å². The van der Waals surface area contributed by atoms with Crippen LogP contribution in [-0.2, 0) is 4.74 Å². The number of aromatic nitrogens is 1. The van der Waals surface area contributed by atoms with Crippen molar-refractivity contribution in [2.24, 2.45) is 5.73 Å². The Kier molecular flexibility index (Phi) is 6.07. The number of carbonyl (C=O) groups is 1. The third kappa shape index (κ3) is 5.06. The Morgan fingerprint density at radius 1 is 1.43 bits per heavy atom. The van der Waals surface area contributed by atoms with Crippen molar-refractivity contribution >= 4 is 5.91 Å². The van der Waals surface area contributed by atoms with Crippen LogP contribution in [0.25, 0.3) is 0 Å². The minimum atomic E-state index is -0.607. The van der Waals surface area contributed by atoms with Crippen LogP contribution < -0.4 is 11.1 Å². The molecule has 0 unspecified atom stereocenters. The smallest absolute Gasteiger partial charge is 0.254 e. The van der Waals surface area contributed by atoms with Gasteiger partial charge in [-0.3, -0.25) is 9.78 Å². The van der Waals surface area contributed by atoms with E-state index in [2.05, 4.69) is 10.3 Å². The first-order chi connectivity index (χ1) is 10.2. The summed E-state index contributed by atoms with van der Waals surface area (Å²) in [6.45, 7) is 1.06. The van der Waals surface area contributed by atoms with Crippen molar-refractivity contribution in [3.05, 3.63) is 29.8 Å². The number of hydrogen-bond acceptors (Lipinski definition) is 4. The largest absolute Gasteiger partial charge is 0.378 e. The van der Waals surface area contributed by atoms with Crippen molar-refractivity contribution in [2.75, 3.05) is 13.2 Å². The number of nitrogens with two attached hydrogens (primary N) is 1. The van der Waals surface area contributed by atoms with Gasteiger partial charge in [-0.25, -0.2) is 4.39 Å². The first-order valence-electron chi connectivity index (χ1n) is 7.41. The number of amides is 1. The van der Waals surface area contributed by atoms with Gasteiger partial charge in [0, 0.05) is 25.4 Å². The lowest BCUT2D eigenvalue weighted by molar-refractivity contribution is 0.0241. The normalized spacial score (nSPS) is 22.0. The summed E-state index contributed by atoms with van der Waals surface area (Å²) in [6, 6.07) is 1.69. The quantitative estimate of drug-likeness (QED) is 0.782. The molecule has 21 heavy (non-hydrogen) atoms. The van der Waals surface area contributed by atoms with Crippen LogP contribution in [0.5, 0.6) is 0 Å². The zero-order valence-electron chi connectivity index (χ0n) is 12.1. The lowest BCUT2D eigenvalue weighted by atomic mass is 9.94. The van der Waals surface area contributed by atoms with Crippen molar-refractivity contribution in [1.29, 1.82) is 0 Å². The van der Waals surface area contributed by atoms with E-state index in [-0.39, 0.29) is 11.7 Å². The highest BCUT2D eigenvalue weighted by molar-refractivity contribution is 5.94. The van der Waals surface area contributed by atoms with Crippen LogP contribution in [0.1, 0.15) is 42.5 Å². The van der Waals surface area contributed by atoms with Gasteiger partial charge in [-0.05, 0) is 38.2 Å². The van der Waals surface area contributed by atoms with Crippen LogP contribution in [0.2, 0.25) is 0 Å². The number of ether oxygens (including phenoxy) is 1. The van der Waals surface area contributed by atoms with Crippen LogP contribution in [-0.4, -0.2) is 36.2 Å². The maximum Gasteiger partial charge on any atom is 0.254 e. The van der Waals surface area contributed by atoms with Crippen molar-refractivity contribution < 1.29 is 13.9 Å². The topological polar surface area (TPSA) is 77.2 Å². The van der Waals surface area contributed by atoms with Gasteiger partial charge in [0.15, 0.2) is 5.82 Å². The Hall–Kier alpha value is -1.53. The van der Waals surface area contributed by atoms with Gasteiger partial charge in [0.2, 0.25) is 0 Å². The molecule has 1 aromatic rings. The van der Waals surface area contributed by atoms with Gasteiger partial charge in [0.25, 0.3) is 5.91 Å². The molecular weight excluding hydrogens is 273 g/mol. The SMILES string of the molecule is NC1CCC(OCCCNC(=O)c2ccncc2F)CC1. The molecule has 3 N–H and O–H groups in total. The fraction of sp³-hybridized carbons (Fsp3) is 0.600. The molecule has 0 saturated heterocycles. The highest BCUT2D eigenvalue weighted by Gasteiger charge is 2.18. The molecule has 1 heterocycles. The molecule has 1 aliphatic carbocycles. The van der Waals surface area contributed by atoms with E-state index in [1.807, 2.05) is 0 Å². The monoisotopic (exact) mass is 295 g/mol. The molecule has 1 saturated carbocycles. The first-order valence-corrected chi connectivity index (χ1v) is 7.41. The van der Waals surface area contributed by atoms with E-state index in [0.717, 1.165) is 31.9 Å². The summed E-state index contributed by atoms with van der Waals surface area (Å²) in [7, 11) is 0.